The van der Waals surface area contributed by atoms with E-state index in [-0.39, 0.29) is 6.04 Å². The number of benzene rings is 1. The second-order valence-corrected chi connectivity index (χ2v) is 5.51. The molecule has 0 spiro atoms. The molecule has 1 unspecified atom stereocenters. The van der Waals surface area contributed by atoms with Crippen LogP contribution in [0, 0.1) is 0 Å². The molecular formula is C17H22ClN3. The Bertz CT molecular complexity index is 545. The number of hydrogen-bond acceptors (Lipinski definition) is 3. The van der Waals surface area contributed by atoms with Gasteiger partial charge in [0, 0.05) is 30.4 Å². The fraction of sp³-hybridized carbons (Fsp3) is 0.353. The van der Waals surface area contributed by atoms with Crippen LogP contribution in [0.25, 0.3) is 0 Å². The van der Waals surface area contributed by atoms with Gasteiger partial charge in [-0.2, -0.15) is 0 Å². The second-order valence-electron chi connectivity index (χ2n) is 5.11. The van der Waals surface area contributed by atoms with E-state index in [1.165, 1.54) is 0 Å². The summed E-state index contributed by atoms with van der Waals surface area (Å²) in [6, 6.07) is 13.8. The first-order valence-electron chi connectivity index (χ1n) is 7.33. The van der Waals surface area contributed by atoms with Gasteiger partial charge in [0.15, 0.2) is 0 Å². The van der Waals surface area contributed by atoms with Crippen molar-refractivity contribution in [3.05, 3.63) is 64.9 Å². The average Bonchev–Trinajstić information content (AvgIpc) is 2.52. The Kier molecular flexibility index (Phi) is 6.18. The predicted octanol–water partition coefficient (Wildman–Crippen LogP) is 3.65. The number of nitrogens with zero attached hydrogens (tertiary/aromatic N) is 2. The van der Waals surface area contributed by atoms with Crippen LogP contribution in [-0.2, 0) is 6.54 Å². The van der Waals surface area contributed by atoms with Crippen molar-refractivity contribution in [3.8, 4) is 0 Å². The van der Waals surface area contributed by atoms with Crippen LogP contribution in [0.1, 0.15) is 30.6 Å². The molecule has 0 aliphatic carbocycles. The summed E-state index contributed by atoms with van der Waals surface area (Å²) in [7, 11) is 0. The Morgan fingerprint density at radius 3 is 2.62 bits per heavy atom. The molecular weight excluding hydrogens is 282 g/mol. The molecule has 0 aliphatic rings. The molecule has 0 aliphatic heterocycles. The molecule has 0 amide bonds. The van der Waals surface area contributed by atoms with E-state index in [2.05, 4.69) is 22.9 Å². The number of rotatable bonds is 7. The van der Waals surface area contributed by atoms with Crippen LogP contribution < -0.4 is 5.73 Å². The summed E-state index contributed by atoms with van der Waals surface area (Å²) in [6.07, 6.45) is 2.71. The zero-order valence-electron chi connectivity index (χ0n) is 12.4. The van der Waals surface area contributed by atoms with E-state index >= 15 is 0 Å². The Labute approximate surface area is 131 Å². The van der Waals surface area contributed by atoms with Crippen molar-refractivity contribution >= 4 is 11.6 Å². The van der Waals surface area contributed by atoms with E-state index in [1.807, 2.05) is 42.6 Å². The summed E-state index contributed by atoms with van der Waals surface area (Å²) in [5.74, 6) is 0. The van der Waals surface area contributed by atoms with Crippen LogP contribution in [0.15, 0.2) is 48.7 Å². The predicted molar refractivity (Wildman–Crippen MR) is 88.2 cm³/mol. The summed E-state index contributed by atoms with van der Waals surface area (Å²) < 4.78 is 0. The third kappa shape index (κ3) is 4.81. The van der Waals surface area contributed by atoms with Crippen LogP contribution in [0.5, 0.6) is 0 Å². The largest absolute Gasteiger partial charge is 0.324 e. The van der Waals surface area contributed by atoms with Gasteiger partial charge in [-0.05, 0) is 36.7 Å². The highest BCUT2D eigenvalue weighted by Crippen LogP contribution is 2.23. The molecule has 0 saturated heterocycles. The molecule has 1 atom stereocenters. The van der Waals surface area contributed by atoms with Gasteiger partial charge in [0.25, 0.3) is 0 Å². The molecule has 2 N–H and O–H groups in total. The molecule has 2 rings (SSSR count). The normalized spacial score (nSPS) is 12.6. The molecule has 1 heterocycles. The zero-order valence-corrected chi connectivity index (χ0v) is 13.1. The maximum absolute atomic E-state index is 6.27. The average molecular weight is 304 g/mol. The second kappa shape index (κ2) is 8.13. The molecule has 0 saturated carbocycles. The third-order valence-corrected chi connectivity index (χ3v) is 3.96. The van der Waals surface area contributed by atoms with Crippen molar-refractivity contribution < 1.29 is 0 Å². The zero-order chi connectivity index (χ0) is 15.1. The molecule has 21 heavy (non-hydrogen) atoms. The van der Waals surface area contributed by atoms with E-state index in [9.17, 15) is 0 Å². The van der Waals surface area contributed by atoms with Gasteiger partial charge in [-0.15, -0.1) is 0 Å². The van der Waals surface area contributed by atoms with Crippen molar-refractivity contribution in [1.29, 1.82) is 0 Å². The topological polar surface area (TPSA) is 42.1 Å². The van der Waals surface area contributed by atoms with Crippen LogP contribution in [0.4, 0.5) is 0 Å². The van der Waals surface area contributed by atoms with Crippen LogP contribution in [0.3, 0.4) is 0 Å². The summed E-state index contributed by atoms with van der Waals surface area (Å²) >= 11 is 6.19. The molecule has 3 nitrogen and oxygen atoms in total. The van der Waals surface area contributed by atoms with Gasteiger partial charge in [0.05, 0.1) is 5.69 Å². The smallest absolute Gasteiger partial charge is 0.0543 e. The Hall–Kier alpha value is -1.42. The Morgan fingerprint density at radius 1 is 1.19 bits per heavy atom. The molecule has 1 aromatic heterocycles. The summed E-state index contributed by atoms with van der Waals surface area (Å²) in [5.41, 5.74) is 8.38. The van der Waals surface area contributed by atoms with Crippen LogP contribution in [0.2, 0.25) is 5.02 Å². The van der Waals surface area contributed by atoms with Crippen LogP contribution >= 0.6 is 11.6 Å². The van der Waals surface area contributed by atoms with Gasteiger partial charge >= 0.3 is 0 Å². The van der Waals surface area contributed by atoms with E-state index in [1.54, 1.807) is 0 Å². The molecule has 1 aromatic carbocycles. The standard InChI is InChI=1S/C17H22ClN3/c1-2-21(13-14-7-5-6-11-20-14)12-10-17(19)15-8-3-4-9-16(15)18/h3-9,11,17H,2,10,12-13,19H2,1H3. The molecule has 0 fully saturated rings. The fourth-order valence-electron chi connectivity index (χ4n) is 2.32. The quantitative estimate of drug-likeness (QED) is 0.849. The summed E-state index contributed by atoms with van der Waals surface area (Å²) in [4.78, 5) is 6.72. The lowest BCUT2D eigenvalue weighted by molar-refractivity contribution is 0.265. The van der Waals surface area contributed by atoms with Crippen molar-refractivity contribution in [1.82, 2.24) is 9.88 Å². The first-order chi connectivity index (χ1) is 10.2. The van der Waals surface area contributed by atoms with E-state index in [4.69, 9.17) is 17.3 Å². The number of pyridine rings is 1. The summed E-state index contributed by atoms with van der Waals surface area (Å²) in [5, 5.41) is 0.748. The molecule has 4 heteroatoms. The molecule has 0 radical (unpaired) electrons. The lowest BCUT2D eigenvalue weighted by Crippen LogP contribution is -2.27. The van der Waals surface area contributed by atoms with Gasteiger partial charge in [-0.1, -0.05) is 42.8 Å². The SMILES string of the molecule is CCN(CCC(N)c1ccccc1Cl)Cc1ccccn1. The maximum atomic E-state index is 6.27. The van der Waals surface area contributed by atoms with Crippen molar-refractivity contribution in [2.45, 2.75) is 25.9 Å². The van der Waals surface area contributed by atoms with E-state index in [0.717, 1.165) is 42.3 Å². The Morgan fingerprint density at radius 2 is 1.95 bits per heavy atom. The molecule has 2 aromatic rings. The first kappa shape index (κ1) is 16.0. The van der Waals surface area contributed by atoms with Gasteiger partial charge in [0.1, 0.15) is 0 Å². The highest BCUT2D eigenvalue weighted by Gasteiger charge is 2.12. The Balaban J connectivity index is 1.90. The minimum atomic E-state index is -0.0310. The minimum Gasteiger partial charge on any atom is -0.324 e. The van der Waals surface area contributed by atoms with Gasteiger partial charge in [0.2, 0.25) is 0 Å². The maximum Gasteiger partial charge on any atom is 0.0543 e. The highest BCUT2D eigenvalue weighted by molar-refractivity contribution is 6.31. The van der Waals surface area contributed by atoms with Gasteiger partial charge in [-0.25, -0.2) is 0 Å². The van der Waals surface area contributed by atoms with Crippen molar-refractivity contribution in [3.63, 3.8) is 0 Å². The lowest BCUT2D eigenvalue weighted by Gasteiger charge is -2.22. The minimum absolute atomic E-state index is 0.0310. The van der Waals surface area contributed by atoms with Crippen LogP contribution in [-0.4, -0.2) is 23.0 Å². The number of nitrogens with two attached hydrogens (primary N) is 1. The molecule has 0 bridgehead atoms. The lowest BCUT2D eigenvalue weighted by atomic mass is 10.0. The highest BCUT2D eigenvalue weighted by atomic mass is 35.5. The van der Waals surface area contributed by atoms with E-state index in [0.29, 0.717) is 0 Å². The number of halogens is 1. The number of aromatic nitrogens is 1. The molecule has 112 valence electrons. The summed E-state index contributed by atoms with van der Waals surface area (Å²) in [6.45, 7) is 4.92. The van der Waals surface area contributed by atoms with Crippen molar-refractivity contribution in [2.75, 3.05) is 13.1 Å². The number of hydrogen-bond donors (Lipinski definition) is 1. The van der Waals surface area contributed by atoms with Gasteiger partial charge in [-0.3, -0.25) is 9.88 Å². The fourth-order valence-corrected chi connectivity index (χ4v) is 2.60. The van der Waals surface area contributed by atoms with Crippen molar-refractivity contribution in [2.24, 2.45) is 5.73 Å². The first-order valence-corrected chi connectivity index (χ1v) is 7.70. The third-order valence-electron chi connectivity index (χ3n) is 3.62. The van der Waals surface area contributed by atoms with Gasteiger partial charge < -0.3 is 5.73 Å². The van der Waals surface area contributed by atoms with E-state index < -0.39 is 0 Å². The monoisotopic (exact) mass is 303 g/mol.